The first-order valence-corrected chi connectivity index (χ1v) is 5.20. The monoisotopic (exact) mass is 308 g/mol. The molecule has 0 aliphatic rings. The fraction of sp³-hybridized carbons (Fsp3) is 0.300. The van der Waals surface area contributed by atoms with Crippen LogP contribution >= 0.6 is 22.6 Å². The maximum Gasteiger partial charge on any atom is 0.303 e. The maximum atomic E-state index is 12.9. The van der Waals surface area contributed by atoms with E-state index in [1.807, 2.05) is 0 Å². The third-order valence-corrected chi connectivity index (χ3v) is 2.72. The first-order valence-electron chi connectivity index (χ1n) is 4.13. The molecule has 1 aromatic rings. The topological polar surface area (TPSA) is 26.3 Å². The number of halogens is 2. The van der Waals surface area contributed by atoms with E-state index in [0.717, 1.165) is 3.57 Å². The van der Waals surface area contributed by atoms with E-state index in [1.165, 1.54) is 19.1 Å². The zero-order valence-corrected chi connectivity index (χ0v) is 10.0. The molecule has 0 bridgehead atoms. The van der Waals surface area contributed by atoms with Gasteiger partial charge in [-0.05, 0) is 47.7 Å². The fourth-order valence-electron chi connectivity index (χ4n) is 1.14. The predicted octanol–water partition coefficient (Wildman–Crippen LogP) is 3.05. The van der Waals surface area contributed by atoms with Crippen LogP contribution in [0.3, 0.4) is 0 Å². The minimum Gasteiger partial charge on any atom is -0.458 e. The van der Waals surface area contributed by atoms with Gasteiger partial charge < -0.3 is 4.74 Å². The lowest BCUT2D eigenvalue weighted by Gasteiger charge is -2.13. The number of ether oxygens (including phenoxy) is 1. The second-order valence-corrected chi connectivity index (χ2v) is 4.08. The van der Waals surface area contributed by atoms with Gasteiger partial charge in [0.25, 0.3) is 0 Å². The molecule has 0 fully saturated rings. The van der Waals surface area contributed by atoms with Crippen LogP contribution in [0.2, 0.25) is 0 Å². The van der Waals surface area contributed by atoms with Crippen molar-refractivity contribution in [3.63, 3.8) is 0 Å². The molecule has 76 valence electrons. The lowest BCUT2D eigenvalue weighted by molar-refractivity contribution is -0.145. The number of carbonyl (C=O) groups is 1. The maximum absolute atomic E-state index is 12.9. The van der Waals surface area contributed by atoms with E-state index in [4.69, 9.17) is 4.74 Å². The summed E-state index contributed by atoms with van der Waals surface area (Å²) >= 11 is 2.08. The van der Waals surface area contributed by atoms with E-state index in [0.29, 0.717) is 5.56 Å². The Labute approximate surface area is 95.6 Å². The summed E-state index contributed by atoms with van der Waals surface area (Å²) in [6, 6.07) is 4.42. The Morgan fingerprint density at radius 2 is 2.21 bits per heavy atom. The summed E-state index contributed by atoms with van der Waals surface area (Å²) in [7, 11) is 0. The Bertz CT molecular complexity index is 352. The van der Waals surface area contributed by atoms with Gasteiger partial charge in [0.05, 0.1) is 0 Å². The highest BCUT2D eigenvalue weighted by molar-refractivity contribution is 14.1. The molecule has 0 spiro atoms. The molecule has 1 rings (SSSR count). The molecule has 14 heavy (non-hydrogen) atoms. The summed E-state index contributed by atoms with van der Waals surface area (Å²) in [5.74, 6) is -0.683. The molecular formula is C10H10FIO2. The Balaban J connectivity index is 2.93. The minimum absolute atomic E-state index is 0.320. The zero-order valence-electron chi connectivity index (χ0n) is 7.88. The molecule has 0 heterocycles. The van der Waals surface area contributed by atoms with E-state index < -0.39 is 6.10 Å². The lowest BCUT2D eigenvalue weighted by Crippen LogP contribution is -2.06. The van der Waals surface area contributed by atoms with Crippen LogP contribution in [0.4, 0.5) is 4.39 Å². The van der Waals surface area contributed by atoms with Crippen LogP contribution in [0.1, 0.15) is 25.5 Å². The van der Waals surface area contributed by atoms with E-state index in [9.17, 15) is 9.18 Å². The average Bonchev–Trinajstić information content (AvgIpc) is 2.08. The van der Waals surface area contributed by atoms with Crippen molar-refractivity contribution < 1.29 is 13.9 Å². The van der Waals surface area contributed by atoms with Gasteiger partial charge in [0.2, 0.25) is 0 Å². The first kappa shape index (κ1) is 11.4. The second-order valence-electron chi connectivity index (χ2n) is 2.92. The Hall–Kier alpha value is -0.650. The van der Waals surface area contributed by atoms with E-state index in [1.54, 1.807) is 13.0 Å². The number of hydrogen-bond donors (Lipinski definition) is 0. The zero-order chi connectivity index (χ0) is 10.7. The molecule has 0 aliphatic heterocycles. The molecule has 0 saturated carbocycles. The van der Waals surface area contributed by atoms with Gasteiger partial charge in [0, 0.05) is 16.1 Å². The third-order valence-electron chi connectivity index (χ3n) is 1.74. The predicted molar refractivity (Wildman–Crippen MR) is 59.3 cm³/mol. The molecule has 0 radical (unpaired) electrons. The molecule has 0 aliphatic carbocycles. The van der Waals surface area contributed by atoms with Gasteiger partial charge in [0.1, 0.15) is 11.9 Å². The molecular weight excluding hydrogens is 298 g/mol. The van der Waals surface area contributed by atoms with E-state index >= 15 is 0 Å². The Kier molecular flexibility index (Phi) is 3.86. The minimum atomic E-state index is -0.407. The highest BCUT2D eigenvalue weighted by Crippen LogP contribution is 2.23. The lowest BCUT2D eigenvalue weighted by atomic mass is 10.1. The number of benzene rings is 1. The number of esters is 1. The van der Waals surface area contributed by atoms with Gasteiger partial charge >= 0.3 is 5.97 Å². The van der Waals surface area contributed by atoms with Crippen molar-refractivity contribution in [1.29, 1.82) is 0 Å². The quantitative estimate of drug-likeness (QED) is 0.620. The van der Waals surface area contributed by atoms with Crippen LogP contribution in [0, 0.1) is 9.39 Å². The smallest absolute Gasteiger partial charge is 0.303 e. The summed E-state index contributed by atoms with van der Waals surface area (Å²) < 4.78 is 18.7. The van der Waals surface area contributed by atoms with Crippen molar-refractivity contribution in [2.75, 3.05) is 0 Å². The van der Waals surface area contributed by atoms with Crippen LogP contribution in [0.25, 0.3) is 0 Å². The number of hydrogen-bond acceptors (Lipinski definition) is 2. The van der Waals surface area contributed by atoms with Gasteiger partial charge in [-0.15, -0.1) is 0 Å². The van der Waals surface area contributed by atoms with Gasteiger partial charge in [0.15, 0.2) is 0 Å². The molecule has 0 amide bonds. The number of rotatable bonds is 2. The van der Waals surface area contributed by atoms with Crippen molar-refractivity contribution in [3.8, 4) is 0 Å². The summed E-state index contributed by atoms with van der Waals surface area (Å²) in [5, 5.41) is 0. The summed E-state index contributed by atoms with van der Waals surface area (Å²) in [4.78, 5) is 10.7. The van der Waals surface area contributed by atoms with Crippen molar-refractivity contribution in [3.05, 3.63) is 33.1 Å². The average molecular weight is 308 g/mol. The highest BCUT2D eigenvalue weighted by atomic mass is 127. The van der Waals surface area contributed by atoms with Crippen LogP contribution < -0.4 is 0 Å². The van der Waals surface area contributed by atoms with E-state index in [-0.39, 0.29) is 11.8 Å². The SMILES string of the molecule is CC(=O)OC(C)c1cc(F)ccc1I. The van der Waals surface area contributed by atoms with E-state index in [2.05, 4.69) is 22.6 Å². The standard InChI is InChI=1S/C10H10FIO2/c1-6(14-7(2)13)9-5-8(11)3-4-10(9)12/h3-6H,1-2H3. The fourth-order valence-corrected chi connectivity index (χ4v) is 1.91. The van der Waals surface area contributed by atoms with Crippen LogP contribution in [0.15, 0.2) is 18.2 Å². The van der Waals surface area contributed by atoms with Crippen molar-refractivity contribution in [1.82, 2.24) is 0 Å². The largest absolute Gasteiger partial charge is 0.458 e. The van der Waals surface area contributed by atoms with Crippen LogP contribution in [-0.2, 0) is 9.53 Å². The first-order chi connectivity index (χ1) is 6.50. The van der Waals surface area contributed by atoms with Gasteiger partial charge in [-0.3, -0.25) is 4.79 Å². The molecule has 2 nitrogen and oxygen atoms in total. The highest BCUT2D eigenvalue weighted by Gasteiger charge is 2.12. The Morgan fingerprint density at radius 3 is 2.79 bits per heavy atom. The van der Waals surface area contributed by atoms with Crippen molar-refractivity contribution in [2.45, 2.75) is 20.0 Å². The normalized spacial score (nSPS) is 12.3. The summed E-state index contributed by atoms with van der Waals surface area (Å²) in [5.41, 5.74) is 0.695. The summed E-state index contributed by atoms with van der Waals surface area (Å²) in [6.45, 7) is 3.06. The molecule has 0 saturated heterocycles. The molecule has 1 atom stereocenters. The molecule has 4 heteroatoms. The second kappa shape index (κ2) is 4.72. The molecule has 0 N–H and O–H groups in total. The van der Waals surface area contributed by atoms with Crippen molar-refractivity contribution in [2.24, 2.45) is 0 Å². The molecule has 1 unspecified atom stereocenters. The third kappa shape index (κ3) is 2.94. The summed E-state index contributed by atoms with van der Waals surface area (Å²) in [6.07, 6.45) is -0.407. The molecule has 0 aromatic heterocycles. The van der Waals surface area contributed by atoms with Crippen LogP contribution in [0.5, 0.6) is 0 Å². The van der Waals surface area contributed by atoms with Gasteiger partial charge in [-0.2, -0.15) is 0 Å². The molecule has 1 aromatic carbocycles. The van der Waals surface area contributed by atoms with Crippen LogP contribution in [-0.4, -0.2) is 5.97 Å². The number of carbonyl (C=O) groups excluding carboxylic acids is 1. The van der Waals surface area contributed by atoms with Gasteiger partial charge in [-0.1, -0.05) is 0 Å². The Morgan fingerprint density at radius 1 is 1.57 bits per heavy atom. The van der Waals surface area contributed by atoms with Gasteiger partial charge in [-0.25, -0.2) is 4.39 Å². The van der Waals surface area contributed by atoms with Crippen molar-refractivity contribution >= 4 is 28.6 Å².